The highest BCUT2D eigenvalue weighted by Crippen LogP contribution is 2.42. The summed E-state index contributed by atoms with van der Waals surface area (Å²) in [6.45, 7) is 5.37. The first-order valence-corrected chi connectivity index (χ1v) is 11.2. The van der Waals surface area contributed by atoms with Gasteiger partial charge in [-0.15, -0.1) is 0 Å². The van der Waals surface area contributed by atoms with Crippen LogP contribution >= 0.6 is 0 Å². The van der Waals surface area contributed by atoms with Crippen molar-refractivity contribution in [3.8, 4) is 11.5 Å². The zero-order valence-corrected chi connectivity index (χ0v) is 18.3. The van der Waals surface area contributed by atoms with Gasteiger partial charge in [-0.1, -0.05) is 0 Å². The SMILES string of the molecule is Cc1cc(N2CCC3(CCOCC3)CC2)cc2c(=O)[nH]c(-c3cc(C(F)(F)F)ccn3)nc12. The second-order valence-electron chi connectivity index (χ2n) is 9.10. The summed E-state index contributed by atoms with van der Waals surface area (Å²) >= 11 is 0. The van der Waals surface area contributed by atoms with Crippen molar-refractivity contribution < 1.29 is 17.9 Å². The molecular formula is C24H25F3N4O2. The van der Waals surface area contributed by atoms with Crippen molar-refractivity contribution in [2.75, 3.05) is 31.2 Å². The molecule has 6 nitrogen and oxygen atoms in total. The van der Waals surface area contributed by atoms with E-state index in [1.165, 1.54) is 0 Å². The number of anilines is 1. The molecule has 0 aliphatic carbocycles. The minimum atomic E-state index is -4.50. The minimum Gasteiger partial charge on any atom is -0.381 e. The smallest absolute Gasteiger partial charge is 0.381 e. The zero-order valence-electron chi connectivity index (χ0n) is 18.3. The fourth-order valence-electron chi connectivity index (χ4n) is 4.98. The second kappa shape index (κ2) is 8.13. The predicted octanol–water partition coefficient (Wildman–Crippen LogP) is 4.71. The van der Waals surface area contributed by atoms with Crippen LogP contribution in [0.2, 0.25) is 0 Å². The Kier molecular flexibility index (Phi) is 5.39. The van der Waals surface area contributed by atoms with E-state index in [-0.39, 0.29) is 11.5 Å². The Morgan fingerprint density at radius 3 is 2.52 bits per heavy atom. The highest BCUT2D eigenvalue weighted by atomic mass is 19.4. The van der Waals surface area contributed by atoms with Gasteiger partial charge in [0.1, 0.15) is 5.69 Å². The lowest BCUT2D eigenvalue weighted by atomic mass is 9.72. The maximum atomic E-state index is 13.1. The number of ether oxygens (including phenoxy) is 1. The standard InChI is InChI=1S/C24H25F3N4O2/c1-15-12-17(31-8-3-23(4-9-31)5-10-33-11-6-23)14-18-20(15)29-21(30-22(18)32)19-13-16(2-7-28-19)24(25,26)27/h2,7,12-14H,3-6,8-11H2,1H3,(H,29,30,32). The number of fused-ring (bicyclic) bond motifs is 1. The predicted molar refractivity (Wildman–Crippen MR) is 119 cm³/mol. The van der Waals surface area contributed by atoms with Crippen molar-refractivity contribution in [1.29, 1.82) is 0 Å². The fourth-order valence-corrected chi connectivity index (χ4v) is 4.98. The van der Waals surface area contributed by atoms with Crippen LogP contribution in [0.4, 0.5) is 18.9 Å². The van der Waals surface area contributed by atoms with Gasteiger partial charge in [0, 0.05) is 38.2 Å². The Hall–Kier alpha value is -2.94. The van der Waals surface area contributed by atoms with Crippen LogP contribution in [0.3, 0.4) is 0 Å². The van der Waals surface area contributed by atoms with E-state index in [0.29, 0.717) is 16.3 Å². The number of benzene rings is 1. The van der Waals surface area contributed by atoms with Gasteiger partial charge in [-0.25, -0.2) is 4.98 Å². The van der Waals surface area contributed by atoms with Crippen LogP contribution in [0.5, 0.6) is 0 Å². The molecule has 33 heavy (non-hydrogen) atoms. The fraction of sp³-hybridized carbons (Fsp3) is 0.458. The number of aryl methyl sites for hydroxylation is 1. The molecule has 174 valence electrons. The summed E-state index contributed by atoms with van der Waals surface area (Å²) in [4.78, 5) is 26.3. The van der Waals surface area contributed by atoms with Crippen LogP contribution < -0.4 is 10.5 Å². The molecule has 0 bridgehead atoms. The van der Waals surface area contributed by atoms with E-state index in [4.69, 9.17) is 4.74 Å². The van der Waals surface area contributed by atoms with Gasteiger partial charge in [0.05, 0.1) is 16.5 Å². The van der Waals surface area contributed by atoms with Crippen molar-refractivity contribution in [3.05, 3.63) is 51.9 Å². The van der Waals surface area contributed by atoms with Crippen LogP contribution in [0.1, 0.15) is 36.8 Å². The lowest BCUT2D eigenvalue weighted by Crippen LogP contribution is -2.43. The number of hydrogen-bond acceptors (Lipinski definition) is 5. The third-order valence-electron chi connectivity index (χ3n) is 7.06. The van der Waals surface area contributed by atoms with Crippen molar-refractivity contribution in [2.24, 2.45) is 5.41 Å². The average Bonchev–Trinajstić information content (AvgIpc) is 2.80. The van der Waals surface area contributed by atoms with Crippen LogP contribution in [0.15, 0.2) is 35.3 Å². The Labute approximate surface area is 188 Å². The monoisotopic (exact) mass is 458 g/mol. The van der Waals surface area contributed by atoms with Gasteiger partial charge < -0.3 is 14.6 Å². The largest absolute Gasteiger partial charge is 0.416 e. The van der Waals surface area contributed by atoms with E-state index in [2.05, 4.69) is 19.9 Å². The number of aromatic amines is 1. The molecule has 9 heteroatoms. The summed E-state index contributed by atoms with van der Waals surface area (Å²) in [6, 6.07) is 5.62. The summed E-state index contributed by atoms with van der Waals surface area (Å²) < 4.78 is 44.8. The molecule has 0 unspecified atom stereocenters. The molecule has 1 N–H and O–H groups in total. The summed E-state index contributed by atoms with van der Waals surface area (Å²) in [6.07, 6.45) is 0.975. The lowest BCUT2D eigenvalue weighted by molar-refractivity contribution is -0.137. The third kappa shape index (κ3) is 4.21. The Balaban J connectivity index is 1.46. The Morgan fingerprint density at radius 1 is 1.09 bits per heavy atom. The summed E-state index contributed by atoms with van der Waals surface area (Å²) in [5, 5.41) is 0.423. The normalized spacial score (nSPS) is 18.7. The molecule has 5 rings (SSSR count). The molecule has 0 atom stereocenters. The van der Waals surface area contributed by atoms with Crippen LogP contribution in [0, 0.1) is 12.3 Å². The van der Waals surface area contributed by atoms with E-state index >= 15 is 0 Å². The van der Waals surface area contributed by atoms with Crippen molar-refractivity contribution in [1.82, 2.24) is 15.0 Å². The molecule has 2 fully saturated rings. The molecule has 1 aromatic carbocycles. The maximum Gasteiger partial charge on any atom is 0.416 e. The number of nitrogens with one attached hydrogen (secondary N) is 1. The molecule has 1 spiro atoms. The van der Waals surface area contributed by atoms with Gasteiger partial charge in [0.2, 0.25) is 0 Å². The minimum absolute atomic E-state index is 0.0221. The molecule has 2 saturated heterocycles. The molecule has 2 aromatic heterocycles. The van der Waals surface area contributed by atoms with E-state index in [0.717, 1.165) is 81.6 Å². The van der Waals surface area contributed by atoms with Gasteiger partial charge in [-0.3, -0.25) is 9.78 Å². The van der Waals surface area contributed by atoms with Gasteiger partial charge in [0.15, 0.2) is 5.82 Å². The highest BCUT2D eigenvalue weighted by Gasteiger charge is 2.36. The number of nitrogens with zero attached hydrogens (tertiary/aromatic N) is 3. The first-order chi connectivity index (χ1) is 15.7. The number of hydrogen-bond donors (Lipinski definition) is 1. The van der Waals surface area contributed by atoms with E-state index in [9.17, 15) is 18.0 Å². The lowest BCUT2D eigenvalue weighted by Gasteiger charge is -2.45. The van der Waals surface area contributed by atoms with Crippen molar-refractivity contribution >= 4 is 16.6 Å². The number of alkyl halides is 3. The van der Waals surface area contributed by atoms with Gasteiger partial charge in [-0.2, -0.15) is 13.2 Å². The number of aromatic nitrogens is 3. The molecule has 0 saturated carbocycles. The first-order valence-electron chi connectivity index (χ1n) is 11.2. The maximum absolute atomic E-state index is 13.1. The molecule has 0 amide bonds. The number of H-pyrrole nitrogens is 1. The van der Waals surface area contributed by atoms with Crippen molar-refractivity contribution in [2.45, 2.75) is 38.8 Å². The first kappa shape index (κ1) is 21.9. The molecule has 3 aromatic rings. The Morgan fingerprint density at radius 2 is 1.82 bits per heavy atom. The van der Waals surface area contributed by atoms with E-state index in [1.807, 2.05) is 19.1 Å². The van der Waals surface area contributed by atoms with Gasteiger partial charge >= 0.3 is 6.18 Å². The zero-order chi connectivity index (χ0) is 23.2. The average molecular weight is 458 g/mol. The van der Waals surface area contributed by atoms with Crippen LogP contribution in [0.25, 0.3) is 22.4 Å². The second-order valence-corrected chi connectivity index (χ2v) is 9.10. The summed E-state index contributed by atoms with van der Waals surface area (Å²) in [5.74, 6) is 0.0221. The van der Waals surface area contributed by atoms with E-state index in [1.54, 1.807) is 0 Å². The van der Waals surface area contributed by atoms with Crippen molar-refractivity contribution in [3.63, 3.8) is 0 Å². The molecule has 2 aliphatic rings. The highest BCUT2D eigenvalue weighted by molar-refractivity contribution is 5.86. The van der Waals surface area contributed by atoms with Crippen LogP contribution in [-0.4, -0.2) is 41.3 Å². The molecule has 4 heterocycles. The molecular weight excluding hydrogens is 433 g/mol. The molecule has 2 aliphatic heterocycles. The summed E-state index contributed by atoms with van der Waals surface area (Å²) in [5.41, 5.74) is 1.35. The Bertz CT molecular complexity index is 1240. The van der Waals surface area contributed by atoms with E-state index < -0.39 is 17.3 Å². The van der Waals surface area contributed by atoms with Gasteiger partial charge in [-0.05, 0) is 67.9 Å². The van der Waals surface area contributed by atoms with Crippen LogP contribution in [-0.2, 0) is 10.9 Å². The quantitative estimate of drug-likeness (QED) is 0.602. The topological polar surface area (TPSA) is 71.1 Å². The number of pyridine rings is 1. The number of halogens is 3. The third-order valence-corrected chi connectivity index (χ3v) is 7.06. The number of rotatable bonds is 2. The molecule has 0 radical (unpaired) electrons. The summed E-state index contributed by atoms with van der Waals surface area (Å²) in [7, 11) is 0. The number of piperidine rings is 1. The van der Waals surface area contributed by atoms with Gasteiger partial charge in [0.25, 0.3) is 5.56 Å².